The average Bonchev–Trinajstić information content (AvgIpc) is 3.13. The van der Waals surface area contributed by atoms with Crippen LogP contribution < -0.4 is 5.73 Å². The van der Waals surface area contributed by atoms with Gasteiger partial charge in [-0.3, -0.25) is 4.79 Å². The van der Waals surface area contributed by atoms with E-state index in [2.05, 4.69) is 5.16 Å². The summed E-state index contributed by atoms with van der Waals surface area (Å²) in [6.07, 6.45) is -5.39. The van der Waals surface area contributed by atoms with Crippen molar-refractivity contribution >= 4 is 45.6 Å². The van der Waals surface area contributed by atoms with Crippen molar-refractivity contribution in [1.29, 1.82) is 0 Å². The molecular weight excluding hydrogens is 440 g/mol. The summed E-state index contributed by atoms with van der Waals surface area (Å²) >= 11 is 11.9. The standard InChI is InChI=1S/C21H13Cl2F3N2O2/c22-12-7-11(8-13(23)9-12)20(21(24,25)26)10-18(28-30-20)16-5-6-17(19(27)29)15-4-2-1-3-14(15)16/h1-9H,10H2,(H2,27,29). The summed E-state index contributed by atoms with van der Waals surface area (Å²) in [7, 11) is 0. The third-order valence-electron chi connectivity index (χ3n) is 5.02. The number of carbonyl (C=O) groups excluding carboxylic acids is 1. The van der Waals surface area contributed by atoms with E-state index < -0.39 is 24.1 Å². The predicted molar refractivity (Wildman–Crippen MR) is 109 cm³/mol. The van der Waals surface area contributed by atoms with Crippen LogP contribution in [0.2, 0.25) is 10.0 Å². The highest BCUT2D eigenvalue weighted by Gasteiger charge is 2.62. The lowest BCUT2D eigenvalue weighted by atomic mass is 9.85. The van der Waals surface area contributed by atoms with Crippen LogP contribution in [0.4, 0.5) is 13.2 Å². The molecule has 2 N–H and O–H groups in total. The second-order valence-corrected chi connectivity index (χ2v) is 7.73. The molecule has 0 aromatic heterocycles. The third-order valence-corrected chi connectivity index (χ3v) is 5.45. The van der Waals surface area contributed by atoms with Crippen molar-refractivity contribution in [2.75, 3.05) is 0 Å². The minimum absolute atomic E-state index is 0.0504. The van der Waals surface area contributed by atoms with Gasteiger partial charge in [0.25, 0.3) is 5.60 Å². The molecule has 0 fully saturated rings. The van der Waals surface area contributed by atoms with Crippen molar-refractivity contribution in [3.05, 3.63) is 81.3 Å². The lowest BCUT2D eigenvalue weighted by Gasteiger charge is -2.29. The van der Waals surface area contributed by atoms with E-state index in [0.717, 1.165) is 12.1 Å². The molecule has 0 saturated heterocycles. The molecule has 1 amide bonds. The van der Waals surface area contributed by atoms with Crippen LogP contribution in [0.25, 0.3) is 10.8 Å². The quantitative estimate of drug-likeness (QED) is 0.543. The van der Waals surface area contributed by atoms with Crippen LogP contribution in [-0.2, 0) is 10.4 Å². The van der Waals surface area contributed by atoms with Crippen molar-refractivity contribution in [2.45, 2.75) is 18.2 Å². The topological polar surface area (TPSA) is 64.7 Å². The number of rotatable bonds is 3. The number of alkyl halides is 3. The van der Waals surface area contributed by atoms with Gasteiger partial charge < -0.3 is 10.6 Å². The van der Waals surface area contributed by atoms with Crippen molar-refractivity contribution < 1.29 is 22.8 Å². The highest BCUT2D eigenvalue weighted by molar-refractivity contribution is 6.34. The van der Waals surface area contributed by atoms with Crippen molar-refractivity contribution in [2.24, 2.45) is 10.9 Å². The molecular formula is C21H13Cl2F3N2O2. The fourth-order valence-corrected chi connectivity index (χ4v) is 4.13. The summed E-state index contributed by atoms with van der Waals surface area (Å²) in [6, 6.07) is 13.4. The van der Waals surface area contributed by atoms with E-state index >= 15 is 0 Å². The first-order chi connectivity index (χ1) is 14.1. The maximum absolute atomic E-state index is 14.2. The Morgan fingerprint density at radius 3 is 2.27 bits per heavy atom. The number of carbonyl (C=O) groups is 1. The molecule has 0 aliphatic carbocycles. The average molecular weight is 453 g/mol. The Kier molecular flexibility index (Phi) is 4.91. The molecule has 1 aliphatic rings. The summed E-state index contributed by atoms with van der Waals surface area (Å²) in [4.78, 5) is 16.8. The van der Waals surface area contributed by atoms with E-state index in [4.69, 9.17) is 33.8 Å². The van der Waals surface area contributed by atoms with Gasteiger partial charge in [-0.2, -0.15) is 13.2 Å². The van der Waals surface area contributed by atoms with E-state index in [1.54, 1.807) is 24.3 Å². The molecule has 154 valence electrons. The molecule has 0 spiro atoms. The SMILES string of the molecule is NC(=O)c1ccc(C2=NOC(c3cc(Cl)cc(Cl)c3)(C(F)(F)F)C2)c2ccccc12. The number of amides is 1. The summed E-state index contributed by atoms with van der Waals surface area (Å²) in [5, 5.41) is 4.94. The fourth-order valence-electron chi connectivity index (χ4n) is 3.60. The van der Waals surface area contributed by atoms with Crippen LogP contribution in [0.15, 0.2) is 59.8 Å². The van der Waals surface area contributed by atoms with Gasteiger partial charge in [-0.1, -0.05) is 58.7 Å². The van der Waals surface area contributed by atoms with Crippen LogP contribution >= 0.6 is 23.2 Å². The largest absolute Gasteiger partial charge is 0.435 e. The lowest BCUT2D eigenvalue weighted by Crippen LogP contribution is -2.42. The summed E-state index contributed by atoms with van der Waals surface area (Å²) in [5.74, 6) is -0.638. The Labute approximate surface area is 179 Å². The van der Waals surface area contributed by atoms with E-state index in [0.29, 0.717) is 16.3 Å². The molecule has 3 aromatic rings. The number of fused-ring (bicyclic) bond motifs is 1. The Morgan fingerprint density at radius 1 is 1.03 bits per heavy atom. The van der Waals surface area contributed by atoms with Gasteiger partial charge >= 0.3 is 6.18 Å². The normalized spacial score (nSPS) is 18.9. The van der Waals surface area contributed by atoms with E-state index in [1.807, 2.05) is 0 Å². The zero-order chi connectivity index (χ0) is 21.7. The van der Waals surface area contributed by atoms with Gasteiger partial charge in [-0.15, -0.1) is 0 Å². The lowest BCUT2D eigenvalue weighted by molar-refractivity contribution is -0.275. The molecule has 4 rings (SSSR count). The number of nitrogens with two attached hydrogens (primary N) is 1. The Morgan fingerprint density at radius 2 is 1.67 bits per heavy atom. The number of nitrogens with zero attached hydrogens (tertiary/aromatic N) is 1. The molecule has 30 heavy (non-hydrogen) atoms. The first-order valence-corrected chi connectivity index (χ1v) is 9.48. The Hall–Kier alpha value is -2.77. The van der Waals surface area contributed by atoms with Crippen LogP contribution in [0, 0.1) is 0 Å². The molecule has 1 heterocycles. The Balaban J connectivity index is 1.84. The minimum Gasteiger partial charge on any atom is -0.374 e. The fraction of sp³-hybridized carbons (Fsp3) is 0.143. The van der Waals surface area contributed by atoms with Gasteiger partial charge in [0.1, 0.15) is 0 Å². The number of oxime groups is 1. The second-order valence-electron chi connectivity index (χ2n) is 6.86. The summed E-state index contributed by atoms with van der Waals surface area (Å²) in [5.41, 5.74) is 3.19. The smallest absolute Gasteiger partial charge is 0.374 e. The van der Waals surface area contributed by atoms with Gasteiger partial charge in [0.05, 0.1) is 5.71 Å². The predicted octanol–water partition coefficient (Wildman–Crippen LogP) is 5.83. The number of hydrogen-bond donors (Lipinski definition) is 1. The molecule has 1 unspecified atom stereocenters. The van der Waals surface area contributed by atoms with Crippen LogP contribution in [0.1, 0.15) is 27.9 Å². The third kappa shape index (κ3) is 3.28. The summed E-state index contributed by atoms with van der Waals surface area (Å²) < 4.78 is 42.6. The van der Waals surface area contributed by atoms with Gasteiger partial charge in [-0.05, 0) is 35.0 Å². The maximum Gasteiger partial charge on any atom is 0.435 e. The highest BCUT2D eigenvalue weighted by atomic mass is 35.5. The molecule has 0 bridgehead atoms. The van der Waals surface area contributed by atoms with Crippen LogP contribution in [0.3, 0.4) is 0 Å². The number of primary amides is 1. The van der Waals surface area contributed by atoms with Gasteiger partial charge in [0.2, 0.25) is 5.91 Å². The van der Waals surface area contributed by atoms with Crippen molar-refractivity contribution in [1.82, 2.24) is 0 Å². The van der Waals surface area contributed by atoms with Crippen molar-refractivity contribution in [3.8, 4) is 0 Å². The molecule has 1 atom stereocenters. The number of halogens is 5. The Bertz CT molecular complexity index is 1190. The molecule has 3 aromatic carbocycles. The van der Waals surface area contributed by atoms with E-state index in [9.17, 15) is 18.0 Å². The molecule has 0 saturated carbocycles. The van der Waals surface area contributed by atoms with Gasteiger partial charge in [0, 0.05) is 33.2 Å². The van der Waals surface area contributed by atoms with E-state index in [1.165, 1.54) is 18.2 Å². The van der Waals surface area contributed by atoms with Crippen molar-refractivity contribution in [3.63, 3.8) is 0 Å². The molecule has 1 aliphatic heterocycles. The zero-order valence-corrected chi connectivity index (χ0v) is 16.6. The molecule has 9 heteroatoms. The second kappa shape index (κ2) is 7.18. The number of hydrogen-bond acceptors (Lipinski definition) is 3. The minimum atomic E-state index is -4.80. The van der Waals surface area contributed by atoms with Crippen LogP contribution in [0.5, 0.6) is 0 Å². The van der Waals surface area contributed by atoms with Gasteiger partial charge in [-0.25, -0.2) is 0 Å². The highest BCUT2D eigenvalue weighted by Crippen LogP contribution is 2.50. The molecule has 4 nitrogen and oxygen atoms in total. The van der Waals surface area contributed by atoms with Gasteiger partial charge in [0.15, 0.2) is 0 Å². The maximum atomic E-state index is 14.2. The number of benzene rings is 3. The van der Waals surface area contributed by atoms with Crippen LogP contribution in [-0.4, -0.2) is 17.8 Å². The van der Waals surface area contributed by atoms with E-state index in [-0.39, 0.29) is 26.9 Å². The summed E-state index contributed by atoms with van der Waals surface area (Å²) in [6.45, 7) is 0. The first-order valence-electron chi connectivity index (χ1n) is 8.73. The molecule has 0 radical (unpaired) electrons. The first kappa shape index (κ1) is 20.5. The monoisotopic (exact) mass is 452 g/mol. The zero-order valence-electron chi connectivity index (χ0n) is 15.1.